The van der Waals surface area contributed by atoms with Crippen molar-refractivity contribution in [2.24, 2.45) is 17.6 Å². The monoisotopic (exact) mass is 530 g/mol. The predicted molar refractivity (Wildman–Crippen MR) is 153 cm³/mol. The van der Waals surface area contributed by atoms with Crippen LogP contribution in [0.1, 0.15) is 92.6 Å². The summed E-state index contributed by atoms with van der Waals surface area (Å²) < 4.78 is 0. The van der Waals surface area contributed by atoms with Crippen LogP contribution in [0.4, 0.5) is 17.3 Å². The Kier molecular flexibility index (Phi) is 7.82. The van der Waals surface area contributed by atoms with E-state index >= 15 is 0 Å². The van der Waals surface area contributed by atoms with E-state index in [0.29, 0.717) is 35.8 Å². The van der Waals surface area contributed by atoms with Crippen molar-refractivity contribution in [1.29, 1.82) is 0 Å². The SMILES string of the molecule is NC(=O)c1ncc(N2CCC[C@@H](CC(=O)C3CC3)C2)nc1Nc1ccc(C2CCN(C3CCCC3)CC2)cc1. The number of benzene rings is 1. The number of piperidine rings is 2. The molecule has 2 saturated heterocycles. The molecule has 3 heterocycles. The second-order valence-corrected chi connectivity index (χ2v) is 12.2. The number of ketones is 1. The molecule has 4 aliphatic rings. The second-order valence-electron chi connectivity index (χ2n) is 12.2. The van der Waals surface area contributed by atoms with Crippen LogP contribution < -0.4 is 16.0 Å². The summed E-state index contributed by atoms with van der Waals surface area (Å²) in [5, 5.41) is 3.31. The van der Waals surface area contributed by atoms with Gasteiger partial charge in [0.15, 0.2) is 11.5 Å². The minimum Gasteiger partial charge on any atom is -0.364 e. The lowest BCUT2D eigenvalue weighted by Gasteiger charge is -2.36. The van der Waals surface area contributed by atoms with E-state index in [-0.39, 0.29) is 5.69 Å². The molecule has 8 heteroatoms. The van der Waals surface area contributed by atoms with Gasteiger partial charge >= 0.3 is 0 Å². The van der Waals surface area contributed by atoms with Gasteiger partial charge in [-0.05, 0) is 94.0 Å². The lowest BCUT2D eigenvalue weighted by atomic mass is 9.88. The van der Waals surface area contributed by atoms with Crippen LogP contribution in [-0.2, 0) is 4.79 Å². The number of hydrogen-bond donors (Lipinski definition) is 2. The average Bonchev–Trinajstić information content (AvgIpc) is 3.68. The van der Waals surface area contributed by atoms with Crippen molar-refractivity contribution >= 4 is 29.0 Å². The van der Waals surface area contributed by atoms with E-state index in [1.807, 2.05) is 0 Å². The summed E-state index contributed by atoms with van der Waals surface area (Å²) >= 11 is 0. The fourth-order valence-electron chi connectivity index (χ4n) is 6.94. The average molecular weight is 531 g/mol. The molecule has 2 aliphatic heterocycles. The number of nitrogens with one attached hydrogen (secondary N) is 1. The fourth-order valence-corrected chi connectivity index (χ4v) is 6.94. The highest BCUT2D eigenvalue weighted by molar-refractivity contribution is 5.96. The summed E-state index contributed by atoms with van der Waals surface area (Å²) in [6.07, 6.45) is 14.5. The number of rotatable bonds is 9. The molecule has 2 saturated carbocycles. The lowest BCUT2D eigenvalue weighted by Crippen LogP contribution is -2.39. The number of hydrogen-bond acceptors (Lipinski definition) is 7. The van der Waals surface area contributed by atoms with Gasteiger partial charge in [-0.25, -0.2) is 9.97 Å². The Morgan fingerprint density at radius 3 is 2.36 bits per heavy atom. The number of aromatic nitrogens is 2. The standard InChI is InChI=1S/C31H42N6O2/c32-30(39)29-31(35-28(19-33-29)37-15-3-4-21(20-37)18-27(38)24-7-8-24)34-25-11-9-22(10-12-25)23-13-16-36(17-14-23)26-5-1-2-6-26/h9-12,19,21,23-24,26H,1-8,13-18,20H2,(H2,32,39)(H,34,35)/t21-/m0/s1. The van der Waals surface area contributed by atoms with Gasteiger partial charge in [0.2, 0.25) is 0 Å². The van der Waals surface area contributed by atoms with Gasteiger partial charge in [0.1, 0.15) is 11.6 Å². The third-order valence-corrected chi connectivity index (χ3v) is 9.37. The Bertz CT molecular complexity index is 1170. The first-order chi connectivity index (χ1) is 19.0. The zero-order valence-electron chi connectivity index (χ0n) is 23.0. The molecule has 0 spiro atoms. The maximum Gasteiger partial charge on any atom is 0.271 e. The highest BCUT2D eigenvalue weighted by atomic mass is 16.1. The first-order valence-corrected chi connectivity index (χ1v) is 15.1. The molecular formula is C31H42N6O2. The van der Waals surface area contributed by atoms with Crippen LogP contribution in [0.15, 0.2) is 30.5 Å². The highest BCUT2D eigenvalue weighted by Crippen LogP contribution is 2.35. The number of nitrogens with zero attached hydrogens (tertiary/aromatic N) is 4. The predicted octanol–water partition coefficient (Wildman–Crippen LogP) is 5.03. The number of anilines is 3. The van der Waals surface area contributed by atoms with Gasteiger partial charge in [0, 0.05) is 37.2 Å². The molecule has 2 aromatic rings. The lowest BCUT2D eigenvalue weighted by molar-refractivity contribution is -0.121. The smallest absolute Gasteiger partial charge is 0.271 e. The number of likely N-dealkylation sites (tertiary alicyclic amines) is 1. The van der Waals surface area contributed by atoms with Gasteiger partial charge in [-0.2, -0.15) is 0 Å². The largest absolute Gasteiger partial charge is 0.364 e. The van der Waals surface area contributed by atoms with Gasteiger partial charge in [0.25, 0.3) is 5.91 Å². The minimum atomic E-state index is -0.603. The van der Waals surface area contributed by atoms with E-state index < -0.39 is 5.91 Å². The van der Waals surface area contributed by atoms with Gasteiger partial charge in [0.05, 0.1) is 6.20 Å². The molecule has 0 bridgehead atoms. The van der Waals surface area contributed by atoms with Gasteiger partial charge in [-0.3, -0.25) is 9.59 Å². The fraction of sp³-hybridized carbons (Fsp3) is 0.613. The van der Waals surface area contributed by atoms with E-state index in [9.17, 15) is 9.59 Å². The summed E-state index contributed by atoms with van der Waals surface area (Å²) in [6.45, 7) is 4.06. The van der Waals surface area contributed by atoms with E-state index in [1.165, 1.54) is 57.2 Å². The normalized spacial score (nSPS) is 23.2. The quantitative estimate of drug-likeness (QED) is 0.469. The van der Waals surface area contributed by atoms with Crippen LogP contribution in [0.5, 0.6) is 0 Å². The van der Waals surface area contributed by atoms with Crippen molar-refractivity contribution in [2.75, 3.05) is 36.4 Å². The topological polar surface area (TPSA) is 104 Å². The third-order valence-electron chi connectivity index (χ3n) is 9.37. The van der Waals surface area contributed by atoms with Crippen LogP contribution in [0.2, 0.25) is 0 Å². The van der Waals surface area contributed by atoms with Crippen LogP contribution in [-0.4, -0.2) is 58.8 Å². The van der Waals surface area contributed by atoms with Crippen LogP contribution in [0.25, 0.3) is 0 Å². The highest BCUT2D eigenvalue weighted by Gasteiger charge is 2.33. The number of nitrogens with two attached hydrogens (primary N) is 1. The molecule has 1 aromatic carbocycles. The molecule has 1 atom stereocenters. The molecule has 208 valence electrons. The van der Waals surface area contributed by atoms with E-state index in [1.54, 1.807) is 6.20 Å². The maximum absolute atomic E-state index is 12.4. The van der Waals surface area contributed by atoms with Gasteiger partial charge in [-0.1, -0.05) is 25.0 Å². The number of carbonyl (C=O) groups excluding carboxylic acids is 2. The number of carbonyl (C=O) groups is 2. The minimum absolute atomic E-state index is 0.139. The Hall–Kier alpha value is -3.00. The zero-order chi connectivity index (χ0) is 26.8. The molecule has 2 aliphatic carbocycles. The Labute approximate surface area is 231 Å². The van der Waals surface area contributed by atoms with Crippen LogP contribution in [0, 0.1) is 11.8 Å². The van der Waals surface area contributed by atoms with Crippen molar-refractivity contribution in [3.63, 3.8) is 0 Å². The summed E-state index contributed by atoms with van der Waals surface area (Å²) in [6, 6.07) is 9.35. The second kappa shape index (κ2) is 11.6. The zero-order valence-corrected chi connectivity index (χ0v) is 23.0. The Balaban J connectivity index is 1.10. The number of amides is 1. The Morgan fingerprint density at radius 2 is 1.67 bits per heavy atom. The van der Waals surface area contributed by atoms with Crippen LogP contribution in [0.3, 0.4) is 0 Å². The van der Waals surface area contributed by atoms with Crippen molar-refractivity contribution in [1.82, 2.24) is 14.9 Å². The molecule has 1 amide bonds. The first-order valence-electron chi connectivity index (χ1n) is 15.1. The molecule has 4 fully saturated rings. The summed E-state index contributed by atoms with van der Waals surface area (Å²) in [7, 11) is 0. The van der Waals surface area contributed by atoms with E-state index in [2.05, 4.69) is 44.4 Å². The van der Waals surface area contributed by atoms with Crippen molar-refractivity contribution in [3.8, 4) is 0 Å². The summed E-state index contributed by atoms with van der Waals surface area (Å²) in [5.74, 6) is 2.17. The van der Waals surface area contributed by atoms with Crippen molar-refractivity contribution < 1.29 is 9.59 Å². The van der Waals surface area contributed by atoms with E-state index in [0.717, 1.165) is 56.3 Å². The Morgan fingerprint density at radius 1 is 0.923 bits per heavy atom. The molecule has 3 N–H and O–H groups in total. The van der Waals surface area contributed by atoms with Gasteiger partial charge in [-0.15, -0.1) is 0 Å². The van der Waals surface area contributed by atoms with Crippen LogP contribution >= 0.6 is 0 Å². The number of Topliss-reactive ketones (excluding diaryl/α,β-unsaturated/α-hetero) is 1. The molecule has 8 nitrogen and oxygen atoms in total. The first kappa shape index (κ1) is 26.2. The molecule has 0 radical (unpaired) electrons. The van der Waals surface area contributed by atoms with Crippen molar-refractivity contribution in [2.45, 2.75) is 82.6 Å². The molecule has 39 heavy (non-hydrogen) atoms. The molecule has 0 unspecified atom stereocenters. The third kappa shape index (κ3) is 6.26. The molecular weight excluding hydrogens is 488 g/mol. The molecule has 6 rings (SSSR count). The van der Waals surface area contributed by atoms with E-state index in [4.69, 9.17) is 10.7 Å². The summed E-state index contributed by atoms with van der Waals surface area (Å²) in [5.41, 5.74) is 8.03. The number of primary amides is 1. The maximum atomic E-state index is 12.4. The van der Waals surface area contributed by atoms with Crippen molar-refractivity contribution in [3.05, 3.63) is 41.7 Å². The summed E-state index contributed by atoms with van der Waals surface area (Å²) in [4.78, 5) is 38.6. The van der Waals surface area contributed by atoms with Gasteiger partial charge < -0.3 is 20.9 Å². The molecule has 1 aromatic heterocycles.